The number of aromatic nitrogens is 1. The molecule has 3 aromatic carbocycles. The highest BCUT2D eigenvalue weighted by atomic mass is 19.1. The Morgan fingerprint density at radius 1 is 1.06 bits per heavy atom. The van der Waals surface area contributed by atoms with Crippen molar-refractivity contribution in [2.45, 2.75) is 46.8 Å². The maximum absolute atomic E-state index is 16.2. The molecule has 5 rings (SSSR count). The molecule has 0 saturated heterocycles. The van der Waals surface area contributed by atoms with Crippen LogP contribution in [0.3, 0.4) is 0 Å². The lowest BCUT2D eigenvalue weighted by Gasteiger charge is -2.10. The zero-order valence-corrected chi connectivity index (χ0v) is 18.2. The smallest absolute Gasteiger partial charge is 0.144 e. The van der Waals surface area contributed by atoms with Crippen LogP contribution < -0.4 is 0 Å². The van der Waals surface area contributed by atoms with E-state index in [-0.39, 0.29) is 11.0 Å². The largest absolute Gasteiger partial charge is 0.455 e. The highest BCUT2D eigenvalue weighted by Crippen LogP contribution is 2.40. The molecule has 0 spiro atoms. The van der Waals surface area contributed by atoms with Crippen LogP contribution >= 0.6 is 0 Å². The third-order valence-electron chi connectivity index (χ3n) is 5.82. The highest BCUT2D eigenvalue weighted by molar-refractivity contribution is 6.12. The van der Waals surface area contributed by atoms with Gasteiger partial charge >= 0.3 is 0 Å². The van der Waals surface area contributed by atoms with Crippen LogP contribution in [0, 0.1) is 18.7 Å². The van der Waals surface area contributed by atoms with E-state index in [1.54, 1.807) is 12.3 Å². The van der Waals surface area contributed by atoms with Gasteiger partial charge in [0.05, 0.1) is 11.1 Å². The lowest BCUT2D eigenvalue weighted by atomic mass is 9.95. The summed E-state index contributed by atoms with van der Waals surface area (Å²) in [6.45, 7) is -0.449. The van der Waals surface area contributed by atoms with Gasteiger partial charge in [-0.1, -0.05) is 51.8 Å². The Morgan fingerprint density at radius 2 is 1.91 bits per heavy atom. The Morgan fingerprint density at radius 3 is 2.69 bits per heavy atom. The molecule has 0 aliphatic heterocycles. The standard InChI is InChI=1S/C29H28FNO/c1-16(2)12-19-6-7-22-20(15-19)10-11-31-28(22)24-14-18(5)13-23-26-25(32-29(23)24)9-8-21(17(3)4)27(26)30/h6-11,13-17H,12H2,1-5H3/i3D3,4D3,17D. The van der Waals surface area contributed by atoms with Crippen molar-refractivity contribution in [1.82, 2.24) is 4.98 Å². The fraction of sp³-hybridized carbons (Fsp3) is 0.276. The van der Waals surface area contributed by atoms with Gasteiger partial charge in [-0.15, -0.1) is 0 Å². The molecule has 162 valence electrons. The first-order valence-corrected chi connectivity index (χ1v) is 10.7. The molecule has 0 unspecified atom stereocenters. The van der Waals surface area contributed by atoms with Gasteiger partial charge in [0, 0.05) is 32.1 Å². The Kier molecular flexibility index (Phi) is 3.40. The van der Waals surface area contributed by atoms with E-state index in [1.165, 1.54) is 11.6 Å². The molecule has 2 heterocycles. The summed E-state index contributed by atoms with van der Waals surface area (Å²) in [5.74, 6) is -3.75. The van der Waals surface area contributed by atoms with Crippen LogP contribution in [0.25, 0.3) is 44.0 Å². The zero-order chi connectivity index (χ0) is 28.5. The van der Waals surface area contributed by atoms with Crippen LogP contribution in [0.1, 0.15) is 59.7 Å². The van der Waals surface area contributed by atoms with E-state index in [4.69, 9.17) is 14.0 Å². The predicted octanol–water partition coefficient (Wildman–Crippen LogP) is 8.57. The second-order valence-corrected chi connectivity index (χ2v) is 8.78. The quantitative estimate of drug-likeness (QED) is 0.284. The minimum absolute atomic E-state index is 0.0583. The Bertz CT molecular complexity index is 1720. The van der Waals surface area contributed by atoms with E-state index in [1.807, 2.05) is 25.1 Å². The molecule has 2 aromatic heterocycles. The van der Waals surface area contributed by atoms with E-state index in [2.05, 4.69) is 31.0 Å². The molecule has 32 heavy (non-hydrogen) atoms. The summed E-state index contributed by atoms with van der Waals surface area (Å²) in [5, 5.41) is 2.20. The van der Waals surface area contributed by atoms with Gasteiger partial charge < -0.3 is 4.42 Å². The zero-order valence-electron chi connectivity index (χ0n) is 25.2. The Hall–Kier alpha value is -3.20. The van der Waals surface area contributed by atoms with Crippen LogP contribution in [0.5, 0.6) is 0 Å². The Labute approximate surface area is 197 Å². The number of rotatable bonds is 4. The molecule has 5 aromatic rings. The van der Waals surface area contributed by atoms with Crippen molar-refractivity contribution in [1.29, 1.82) is 0 Å². The normalized spacial score (nSPS) is 16.5. The molecule has 0 aliphatic rings. The fourth-order valence-corrected chi connectivity index (χ4v) is 4.48. The summed E-state index contributed by atoms with van der Waals surface area (Å²) in [7, 11) is 0. The van der Waals surface area contributed by atoms with Crippen LogP contribution in [0.2, 0.25) is 0 Å². The topological polar surface area (TPSA) is 26.0 Å². The van der Waals surface area contributed by atoms with Gasteiger partial charge in [-0.3, -0.25) is 4.98 Å². The van der Waals surface area contributed by atoms with Crippen LogP contribution in [-0.2, 0) is 6.42 Å². The van der Waals surface area contributed by atoms with E-state index >= 15 is 4.39 Å². The molecular formula is C29H28FNO. The minimum atomic E-state index is -3.31. The molecule has 0 amide bonds. The van der Waals surface area contributed by atoms with Crippen molar-refractivity contribution in [3.8, 4) is 11.3 Å². The van der Waals surface area contributed by atoms with Gasteiger partial charge in [-0.25, -0.2) is 4.39 Å². The van der Waals surface area contributed by atoms with Gasteiger partial charge in [-0.05, 0) is 71.5 Å². The maximum Gasteiger partial charge on any atom is 0.144 e. The number of furan rings is 1. The number of pyridine rings is 1. The molecular weight excluding hydrogens is 397 g/mol. The molecule has 2 nitrogen and oxygen atoms in total. The summed E-state index contributed by atoms with van der Waals surface area (Å²) in [5.41, 5.74) is 3.02. The summed E-state index contributed by atoms with van der Waals surface area (Å²) >= 11 is 0. The highest BCUT2D eigenvalue weighted by Gasteiger charge is 2.20. The van der Waals surface area contributed by atoms with Crippen molar-refractivity contribution in [3.63, 3.8) is 0 Å². The lowest BCUT2D eigenvalue weighted by molar-refractivity contribution is 0.606. The molecule has 3 heteroatoms. The summed E-state index contributed by atoms with van der Waals surface area (Å²) < 4.78 is 77.6. The number of hydrogen-bond donors (Lipinski definition) is 0. The third-order valence-corrected chi connectivity index (χ3v) is 5.82. The van der Waals surface area contributed by atoms with Crippen LogP contribution in [0.15, 0.2) is 59.1 Å². The summed E-state index contributed by atoms with van der Waals surface area (Å²) in [6, 6.07) is 14.1. The van der Waals surface area contributed by atoms with E-state index in [0.717, 1.165) is 28.8 Å². The van der Waals surface area contributed by atoms with Crippen molar-refractivity contribution >= 4 is 32.7 Å². The number of halogens is 1. The van der Waals surface area contributed by atoms with Crippen molar-refractivity contribution < 1.29 is 18.4 Å². The number of benzene rings is 3. The Balaban J connectivity index is 1.80. The first kappa shape index (κ1) is 14.1. The van der Waals surface area contributed by atoms with Crippen LogP contribution in [-0.4, -0.2) is 4.98 Å². The number of aryl methyl sites for hydroxylation is 1. The molecule has 0 fully saturated rings. The van der Waals surface area contributed by atoms with Gasteiger partial charge in [-0.2, -0.15) is 0 Å². The summed E-state index contributed by atoms with van der Waals surface area (Å²) in [4.78, 5) is 4.64. The summed E-state index contributed by atoms with van der Waals surface area (Å²) in [6.07, 6.45) is 2.66. The second kappa shape index (κ2) is 7.74. The van der Waals surface area contributed by atoms with Crippen LogP contribution in [0.4, 0.5) is 4.39 Å². The molecule has 0 aliphatic carbocycles. The van der Waals surface area contributed by atoms with Gasteiger partial charge in [0.25, 0.3) is 0 Å². The van der Waals surface area contributed by atoms with Gasteiger partial charge in [0.1, 0.15) is 17.0 Å². The van der Waals surface area contributed by atoms with E-state index in [0.29, 0.717) is 28.1 Å². The van der Waals surface area contributed by atoms with Crippen molar-refractivity contribution in [2.24, 2.45) is 5.92 Å². The average molecular weight is 433 g/mol. The third kappa shape index (κ3) is 3.37. The first-order chi connectivity index (χ1) is 18.1. The average Bonchev–Trinajstić information content (AvgIpc) is 3.20. The number of hydrogen-bond acceptors (Lipinski definition) is 2. The van der Waals surface area contributed by atoms with Gasteiger partial charge in [0.2, 0.25) is 0 Å². The monoisotopic (exact) mass is 432 g/mol. The fourth-order valence-electron chi connectivity index (χ4n) is 4.48. The molecule has 0 radical (unpaired) electrons. The van der Waals surface area contributed by atoms with Crippen molar-refractivity contribution in [2.75, 3.05) is 0 Å². The first-order valence-electron chi connectivity index (χ1n) is 14.2. The van der Waals surface area contributed by atoms with Crippen molar-refractivity contribution in [3.05, 3.63) is 77.2 Å². The molecule has 0 N–H and O–H groups in total. The van der Waals surface area contributed by atoms with E-state index < -0.39 is 31.0 Å². The minimum Gasteiger partial charge on any atom is -0.455 e. The predicted molar refractivity (Wildman–Crippen MR) is 132 cm³/mol. The molecule has 0 bridgehead atoms. The molecule has 0 saturated carbocycles. The SMILES string of the molecule is [2H]C([2H])([2H])C([2H])(c1ccc2oc3c(-c4nccc5cc(CC(C)C)ccc45)cc(C)cc3c2c1F)C([2H])([2H])[2H]. The number of fused-ring (bicyclic) bond motifs is 4. The molecule has 0 atom stereocenters. The van der Waals surface area contributed by atoms with Gasteiger partial charge in [0.15, 0.2) is 0 Å². The maximum atomic E-state index is 16.2. The lowest BCUT2D eigenvalue weighted by Crippen LogP contribution is -1.95. The van der Waals surface area contributed by atoms with E-state index in [9.17, 15) is 0 Å². The second-order valence-electron chi connectivity index (χ2n) is 8.78. The number of nitrogens with zero attached hydrogens (tertiary/aromatic N) is 1.